The van der Waals surface area contributed by atoms with Gasteiger partial charge in [-0.15, -0.1) is 11.3 Å². The Bertz CT molecular complexity index is 684. The molecule has 122 valence electrons. The number of nitrogens with zero attached hydrogens (tertiary/aromatic N) is 1. The fourth-order valence-electron chi connectivity index (χ4n) is 1.88. The van der Waals surface area contributed by atoms with E-state index in [1.54, 1.807) is 14.0 Å². The molecule has 1 aromatic carbocycles. The fourth-order valence-corrected chi connectivity index (χ4v) is 2.73. The second-order valence-corrected chi connectivity index (χ2v) is 5.46. The van der Waals surface area contributed by atoms with E-state index in [4.69, 9.17) is 4.74 Å². The Kier molecular flexibility index (Phi) is 6.10. The van der Waals surface area contributed by atoms with Gasteiger partial charge in [-0.05, 0) is 19.1 Å². The molecule has 6 nitrogen and oxygen atoms in total. The van der Waals surface area contributed by atoms with E-state index in [-0.39, 0.29) is 6.61 Å². The van der Waals surface area contributed by atoms with E-state index in [1.807, 2.05) is 29.6 Å². The highest BCUT2D eigenvalue weighted by Gasteiger charge is 2.14. The summed E-state index contributed by atoms with van der Waals surface area (Å²) in [4.78, 5) is 27.1. The van der Waals surface area contributed by atoms with E-state index < -0.39 is 11.9 Å². The number of carbonyl (C=O) groups excluding carboxylic acids is 2. The van der Waals surface area contributed by atoms with Crippen LogP contribution in [0, 0.1) is 0 Å². The molecule has 0 fully saturated rings. The van der Waals surface area contributed by atoms with Gasteiger partial charge < -0.3 is 14.8 Å². The number of methoxy groups -OCH3 is 1. The van der Waals surface area contributed by atoms with Crippen LogP contribution in [-0.4, -0.2) is 37.1 Å². The zero-order chi connectivity index (χ0) is 16.7. The first-order chi connectivity index (χ1) is 11.1. The summed E-state index contributed by atoms with van der Waals surface area (Å²) in [5, 5.41) is 5.33. The van der Waals surface area contributed by atoms with Gasteiger partial charge in [-0.2, -0.15) is 0 Å². The largest absolute Gasteiger partial charge is 0.497 e. The lowest BCUT2D eigenvalue weighted by Gasteiger charge is -2.03. The molecule has 0 spiro atoms. The molecule has 2 rings (SSSR count). The van der Waals surface area contributed by atoms with Crippen molar-refractivity contribution < 1.29 is 19.1 Å². The van der Waals surface area contributed by atoms with Gasteiger partial charge in [0, 0.05) is 23.9 Å². The summed E-state index contributed by atoms with van der Waals surface area (Å²) < 4.78 is 9.82. The van der Waals surface area contributed by atoms with Crippen molar-refractivity contribution in [2.75, 3.05) is 20.3 Å². The molecule has 0 radical (unpaired) electrons. The lowest BCUT2D eigenvalue weighted by molar-refractivity contribution is -0.154. The molecule has 1 heterocycles. The molecule has 1 amide bonds. The number of ether oxygens (including phenoxy) is 2. The van der Waals surface area contributed by atoms with Crippen molar-refractivity contribution in [2.45, 2.75) is 13.3 Å². The number of nitrogens with one attached hydrogen (secondary N) is 1. The number of carbonyl (C=O) groups is 2. The van der Waals surface area contributed by atoms with Crippen molar-refractivity contribution in [3.8, 4) is 16.3 Å². The number of hydrogen-bond acceptors (Lipinski definition) is 6. The van der Waals surface area contributed by atoms with Gasteiger partial charge in [0.05, 0.1) is 19.4 Å². The molecule has 0 aliphatic rings. The predicted octanol–water partition coefficient (Wildman–Crippen LogP) is 2.04. The molecule has 0 atom stereocenters. The van der Waals surface area contributed by atoms with E-state index in [0.717, 1.165) is 22.0 Å². The van der Waals surface area contributed by atoms with E-state index in [0.29, 0.717) is 13.0 Å². The average Bonchev–Trinajstić information content (AvgIpc) is 3.04. The van der Waals surface area contributed by atoms with Gasteiger partial charge in [0.2, 0.25) is 0 Å². The molecule has 0 aliphatic heterocycles. The Balaban J connectivity index is 1.90. The van der Waals surface area contributed by atoms with Crippen LogP contribution in [0.1, 0.15) is 12.6 Å². The number of hydrogen-bond donors (Lipinski definition) is 1. The van der Waals surface area contributed by atoms with E-state index >= 15 is 0 Å². The highest BCUT2D eigenvalue weighted by atomic mass is 32.1. The minimum absolute atomic E-state index is 0.183. The Morgan fingerprint density at radius 1 is 1.35 bits per heavy atom. The van der Waals surface area contributed by atoms with E-state index in [2.05, 4.69) is 15.0 Å². The van der Waals surface area contributed by atoms with E-state index in [9.17, 15) is 9.59 Å². The summed E-state index contributed by atoms with van der Waals surface area (Å²) in [6.45, 7) is 2.17. The molecule has 7 heteroatoms. The first-order valence-electron chi connectivity index (χ1n) is 7.17. The lowest BCUT2D eigenvalue weighted by Crippen LogP contribution is -2.33. The molecule has 1 N–H and O–H groups in total. The average molecular weight is 334 g/mol. The SMILES string of the molecule is CCOC(=O)C(=O)NCCc1csc(-c2cccc(OC)c2)n1. The zero-order valence-corrected chi connectivity index (χ0v) is 13.8. The molecule has 1 aromatic heterocycles. The smallest absolute Gasteiger partial charge is 0.396 e. The van der Waals surface area contributed by atoms with Crippen molar-refractivity contribution in [1.29, 1.82) is 0 Å². The molecule has 0 aliphatic carbocycles. The van der Waals surface area contributed by atoms with Crippen molar-refractivity contribution in [1.82, 2.24) is 10.3 Å². The number of aromatic nitrogens is 1. The first-order valence-corrected chi connectivity index (χ1v) is 8.05. The van der Waals surface area contributed by atoms with Crippen LogP contribution >= 0.6 is 11.3 Å². The molecule has 0 saturated carbocycles. The molecule has 23 heavy (non-hydrogen) atoms. The number of thiazole rings is 1. The first kappa shape index (κ1) is 17.0. The van der Waals surface area contributed by atoms with Gasteiger partial charge >= 0.3 is 11.9 Å². The topological polar surface area (TPSA) is 77.5 Å². The minimum atomic E-state index is -0.858. The summed E-state index contributed by atoms with van der Waals surface area (Å²) >= 11 is 1.52. The maximum Gasteiger partial charge on any atom is 0.396 e. The Morgan fingerprint density at radius 2 is 2.17 bits per heavy atom. The summed E-state index contributed by atoms with van der Waals surface area (Å²) in [6.07, 6.45) is 0.547. The summed E-state index contributed by atoms with van der Waals surface area (Å²) in [5.74, 6) is -0.807. The lowest BCUT2D eigenvalue weighted by atomic mass is 10.2. The number of benzene rings is 1. The maximum absolute atomic E-state index is 11.4. The summed E-state index contributed by atoms with van der Waals surface area (Å²) in [7, 11) is 1.62. The van der Waals surface area contributed by atoms with Crippen LogP contribution in [0.5, 0.6) is 5.75 Å². The van der Waals surface area contributed by atoms with Crippen LogP contribution in [0.25, 0.3) is 10.6 Å². The number of amides is 1. The summed E-state index contributed by atoms with van der Waals surface area (Å²) in [5.41, 5.74) is 1.84. The van der Waals surface area contributed by atoms with Crippen molar-refractivity contribution in [3.63, 3.8) is 0 Å². The molecule has 0 unspecified atom stereocenters. The third-order valence-electron chi connectivity index (χ3n) is 3.00. The molecular formula is C16H18N2O4S. The quantitative estimate of drug-likeness (QED) is 0.646. The molecule has 0 saturated heterocycles. The van der Waals surface area contributed by atoms with Crippen LogP contribution < -0.4 is 10.1 Å². The Labute approximate surface area is 138 Å². The molecule has 2 aromatic rings. The standard InChI is InChI=1S/C16H18N2O4S/c1-3-22-16(20)14(19)17-8-7-12-10-23-15(18-12)11-5-4-6-13(9-11)21-2/h4-6,9-10H,3,7-8H2,1-2H3,(H,17,19). The van der Waals surface area contributed by atoms with Gasteiger partial charge in [0.15, 0.2) is 0 Å². The zero-order valence-electron chi connectivity index (χ0n) is 13.0. The Morgan fingerprint density at radius 3 is 2.91 bits per heavy atom. The van der Waals surface area contributed by atoms with Crippen LogP contribution in [-0.2, 0) is 20.7 Å². The highest BCUT2D eigenvalue weighted by Crippen LogP contribution is 2.26. The fraction of sp³-hybridized carbons (Fsp3) is 0.312. The van der Waals surface area contributed by atoms with Gasteiger partial charge in [0.25, 0.3) is 0 Å². The van der Waals surface area contributed by atoms with Gasteiger partial charge in [-0.3, -0.25) is 4.79 Å². The second kappa shape index (κ2) is 8.28. The third kappa shape index (κ3) is 4.79. The molecule has 0 bridgehead atoms. The van der Waals surface area contributed by atoms with Crippen molar-refractivity contribution in [3.05, 3.63) is 35.3 Å². The van der Waals surface area contributed by atoms with Crippen LogP contribution in [0.2, 0.25) is 0 Å². The van der Waals surface area contributed by atoms with Crippen LogP contribution in [0.4, 0.5) is 0 Å². The normalized spacial score (nSPS) is 10.2. The van der Waals surface area contributed by atoms with Crippen LogP contribution in [0.15, 0.2) is 29.6 Å². The Hall–Kier alpha value is -2.41. The third-order valence-corrected chi connectivity index (χ3v) is 3.94. The van der Waals surface area contributed by atoms with Crippen molar-refractivity contribution >= 4 is 23.2 Å². The summed E-state index contributed by atoms with van der Waals surface area (Å²) in [6, 6.07) is 7.68. The van der Waals surface area contributed by atoms with Crippen LogP contribution in [0.3, 0.4) is 0 Å². The van der Waals surface area contributed by atoms with Crippen molar-refractivity contribution in [2.24, 2.45) is 0 Å². The van der Waals surface area contributed by atoms with Gasteiger partial charge in [-0.1, -0.05) is 12.1 Å². The maximum atomic E-state index is 11.4. The molecular weight excluding hydrogens is 316 g/mol. The van der Waals surface area contributed by atoms with Gasteiger partial charge in [-0.25, -0.2) is 9.78 Å². The number of esters is 1. The number of rotatable bonds is 6. The minimum Gasteiger partial charge on any atom is -0.497 e. The van der Waals surface area contributed by atoms with E-state index in [1.165, 1.54) is 11.3 Å². The predicted molar refractivity (Wildman–Crippen MR) is 87.4 cm³/mol. The highest BCUT2D eigenvalue weighted by molar-refractivity contribution is 7.13. The monoisotopic (exact) mass is 334 g/mol. The second-order valence-electron chi connectivity index (χ2n) is 4.60. The van der Waals surface area contributed by atoms with Gasteiger partial charge in [0.1, 0.15) is 10.8 Å².